The minimum atomic E-state index is 0.105. The zero-order valence-electron chi connectivity index (χ0n) is 13.8. The average molecular weight is 297 g/mol. The molecule has 1 aromatic rings. The van der Waals surface area contributed by atoms with E-state index < -0.39 is 0 Å². The summed E-state index contributed by atoms with van der Waals surface area (Å²) in [6, 6.07) is 6.91. The molecule has 0 saturated heterocycles. The van der Waals surface area contributed by atoms with Crippen molar-refractivity contribution in [3.63, 3.8) is 0 Å². The number of anilines is 1. The van der Waals surface area contributed by atoms with Crippen molar-refractivity contribution in [2.24, 2.45) is 0 Å². The predicted octanol–water partition coefficient (Wildman–Crippen LogP) is 4.85. The van der Waals surface area contributed by atoms with E-state index in [9.17, 15) is 0 Å². The molecule has 0 aliphatic heterocycles. The molecule has 0 aromatic heterocycles. The Bertz CT molecular complexity index is 421. The summed E-state index contributed by atoms with van der Waals surface area (Å²) in [5.41, 5.74) is 2.48. The molecule has 0 aliphatic carbocycles. The van der Waals surface area contributed by atoms with E-state index in [4.69, 9.17) is 11.6 Å². The molecule has 20 heavy (non-hydrogen) atoms. The van der Waals surface area contributed by atoms with Crippen molar-refractivity contribution in [3.05, 3.63) is 28.8 Å². The normalized spacial score (nSPS) is 12.0. The number of hydrogen-bond acceptors (Lipinski definition) is 2. The van der Waals surface area contributed by atoms with Crippen molar-refractivity contribution in [2.45, 2.75) is 66.1 Å². The summed E-state index contributed by atoms with van der Waals surface area (Å²) in [5, 5.41) is 4.33. The lowest BCUT2D eigenvalue weighted by atomic mass is 10.1. The fraction of sp³-hybridized carbons (Fsp3) is 0.647. The Hall–Kier alpha value is -0.730. The van der Waals surface area contributed by atoms with Gasteiger partial charge in [0.2, 0.25) is 0 Å². The molecule has 0 saturated carbocycles. The van der Waals surface area contributed by atoms with E-state index in [1.165, 1.54) is 5.69 Å². The molecule has 3 heteroatoms. The second-order valence-electron chi connectivity index (χ2n) is 6.67. The predicted molar refractivity (Wildman–Crippen MR) is 90.8 cm³/mol. The summed E-state index contributed by atoms with van der Waals surface area (Å²) in [6.07, 6.45) is 1.14. The molecule has 0 aliphatic rings. The molecule has 0 amide bonds. The van der Waals surface area contributed by atoms with E-state index in [2.05, 4.69) is 70.0 Å². The van der Waals surface area contributed by atoms with E-state index in [1.54, 1.807) is 0 Å². The number of hydrogen-bond donors (Lipinski definition) is 1. The zero-order chi connectivity index (χ0) is 15.3. The van der Waals surface area contributed by atoms with Gasteiger partial charge in [0, 0.05) is 35.4 Å². The maximum absolute atomic E-state index is 6.44. The first-order valence-corrected chi connectivity index (χ1v) is 7.92. The Morgan fingerprint density at radius 2 is 1.90 bits per heavy atom. The van der Waals surface area contributed by atoms with Gasteiger partial charge in [0.25, 0.3) is 0 Å². The van der Waals surface area contributed by atoms with Gasteiger partial charge in [-0.05, 0) is 58.7 Å². The standard InChI is InChI=1S/C17H29ClN2/c1-7-10-20(13(2)3)15-9-8-14(16(18)11-15)12-19-17(4,5)6/h8-9,11,13,19H,7,10,12H2,1-6H3. The van der Waals surface area contributed by atoms with Crippen LogP contribution in [0.3, 0.4) is 0 Å². The number of benzene rings is 1. The van der Waals surface area contributed by atoms with Crippen LogP contribution in [0.25, 0.3) is 0 Å². The highest BCUT2D eigenvalue weighted by Gasteiger charge is 2.13. The van der Waals surface area contributed by atoms with Crippen molar-refractivity contribution < 1.29 is 0 Å². The molecule has 1 rings (SSSR count). The van der Waals surface area contributed by atoms with Gasteiger partial charge in [-0.2, -0.15) is 0 Å². The number of nitrogens with zero attached hydrogens (tertiary/aromatic N) is 1. The molecule has 0 bridgehead atoms. The summed E-state index contributed by atoms with van der Waals surface area (Å²) in [7, 11) is 0. The molecule has 0 heterocycles. The van der Waals surface area contributed by atoms with Crippen molar-refractivity contribution in [3.8, 4) is 0 Å². The van der Waals surface area contributed by atoms with Gasteiger partial charge in [-0.3, -0.25) is 0 Å². The smallest absolute Gasteiger partial charge is 0.0471 e. The molecule has 0 fully saturated rings. The van der Waals surface area contributed by atoms with Crippen LogP contribution in [-0.4, -0.2) is 18.1 Å². The summed E-state index contributed by atoms with van der Waals surface area (Å²) < 4.78 is 0. The van der Waals surface area contributed by atoms with Gasteiger partial charge < -0.3 is 10.2 Å². The van der Waals surface area contributed by atoms with Crippen molar-refractivity contribution in [1.82, 2.24) is 5.32 Å². The van der Waals surface area contributed by atoms with Gasteiger partial charge in [-0.1, -0.05) is 24.6 Å². The van der Waals surface area contributed by atoms with Crippen molar-refractivity contribution >= 4 is 17.3 Å². The molecular weight excluding hydrogens is 268 g/mol. The Morgan fingerprint density at radius 1 is 1.25 bits per heavy atom. The van der Waals surface area contributed by atoms with Crippen LogP contribution in [0.2, 0.25) is 5.02 Å². The zero-order valence-corrected chi connectivity index (χ0v) is 14.5. The molecule has 0 spiro atoms. The van der Waals surface area contributed by atoms with Crippen LogP contribution in [0.15, 0.2) is 18.2 Å². The lowest BCUT2D eigenvalue weighted by molar-refractivity contribution is 0.424. The largest absolute Gasteiger partial charge is 0.369 e. The van der Waals surface area contributed by atoms with Crippen LogP contribution < -0.4 is 10.2 Å². The van der Waals surface area contributed by atoms with Crippen LogP contribution in [-0.2, 0) is 6.54 Å². The summed E-state index contributed by atoms with van der Waals surface area (Å²) >= 11 is 6.44. The maximum Gasteiger partial charge on any atom is 0.0471 e. The fourth-order valence-corrected chi connectivity index (χ4v) is 2.39. The molecular formula is C17H29ClN2. The van der Waals surface area contributed by atoms with Crippen LogP contribution in [0.1, 0.15) is 53.5 Å². The lowest BCUT2D eigenvalue weighted by Crippen LogP contribution is -2.35. The third-order valence-corrected chi connectivity index (χ3v) is 3.62. The highest BCUT2D eigenvalue weighted by Crippen LogP contribution is 2.25. The highest BCUT2D eigenvalue weighted by molar-refractivity contribution is 6.31. The lowest BCUT2D eigenvalue weighted by Gasteiger charge is -2.29. The summed E-state index contributed by atoms with van der Waals surface area (Å²) in [5.74, 6) is 0. The van der Waals surface area contributed by atoms with Crippen molar-refractivity contribution in [2.75, 3.05) is 11.4 Å². The SMILES string of the molecule is CCCN(c1ccc(CNC(C)(C)C)c(Cl)c1)C(C)C. The van der Waals surface area contributed by atoms with E-state index in [0.717, 1.165) is 30.1 Å². The monoisotopic (exact) mass is 296 g/mol. The summed E-state index contributed by atoms with van der Waals surface area (Å²) in [6.45, 7) is 15.0. The fourth-order valence-electron chi connectivity index (χ4n) is 2.14. The van der Waals surface area contributed by atoms with Gasteiger partial charge in [-0.25, -0.2) is 0 Å². The van der Waals surface area contributed by atoms with Crippen LogP contribution in [0.5, 0.6) is 0 Å². The van der Waals surface area contributed by atoms with Crippen LogP contribution >= 0.6 is 11.6 Å². The van der Waals surface area contributed by atoms with Gasteiger partial charge in [0.05, 0.1) is 0 Å². The summed E-state index contributed by atoms with van der Waals surface area (Å²) in [4.78, 5) is 2.40. The first-order valence-electron chi connectivity index (χ1n) is 7.54. The average Bonchev–Trinajstić information content (AvgIpc) is 2.33. The van der Waals surface area contributed by atoms with Gasteiger partial charge >= 0.3 is 0 Å². The number of nitrogens with one attached hydrogen (secondary N) is 1. The van der Waals surface area contributed by atoms with E-state index in [0.29, 0.717) is 6.04 Å². The van der Waals surface area contributed by atoms with E-state index in [-0.39, 0.29) is 5.54 Å². The third kappa shape index (κ3) is 5.34. The number of halogens is 1. The second kappa shape index (κ2) is 7.33. The first-order chi connectivity index (χ1) is 9.24. The number of rotatable bonds is 6. The van der Waals surface area contributed by atoms with Crippen LogP contribution in [0, 0.1) is 0 Å². The second-order valence-corrected chi connectivity index (χ2v) is 7.07. The topological polar surface area (TPSA) is 15.3 Å². The van der Waals surface area contributed by atoms with E-state index >= 15 is 0 Å². The molecule has 2 nitrogen and oxygen atoms in total. The Morgan fingerprint density at radius 3 is 2.35 bits per heavy atom. The molecule has 0 atom stereocenters. The third-order valence-electron chi connectivity index (χ3n) is 3.27. The van der Waals surface area contributed by atoms with Crippen molar-refractivity contribution in [1.29, 1.82) is 0 Å². The first kappa shape index (κ1) is 17.3. The molecule has 1 aromatic carbocycles. The Labute approximate surface area is 129 Å². The molecule has 0 radical (unpaired) electrons. The molecule has 0 unspecified atom stereocenters. The minimum Gasteiger partial charge on any atom is -0.369 e. The minimum absolute atomic E-state index is 0.105. The Kier molecular flexibility index (Phi) is 6.35. The van der Waals surface area contributed by atoms with Gasteiger partial charge in [0.1, 0.15) is 0 Å². The van der Waals surface area contributed by atoms with E-state index in [1.807, 2.05) is 0 Å². The molecule has 114 valence electrons. The van der Waals surface area contributed by atoms with Gasteiger partial charge in [-0.15, -0.1) is 0 Å². The van der Waals surface area contributed by atoms with Gasteiger partial charge in [0.15, 0.2) is 0 Å². The highest BCUT2D eigenvalue weighted by atomic mass is 35.5. The quantitative estimate of drug-likeness (QED) is 0.807. The maximum atomic E-state index is 6.44. The van der Waals surface area contributed by atoms with Crippen LogP contribution in [0.4, 0.5) is 5.69 Å². The molecule has 1 N–H and O–H groups in total. The Balaban J connectivity index is 2.86.